The lowest BCUT2D eigenvalue weighted by Gasteiger charge is -2.39. The molecule has 1 spiro atoms. The Morgan fingerprint density at radius 2 is 0.877 bits per heavy atom. The number of ether oxygens (including phenoxy) is 1. The van der Waals surface area contributed by atoms with Crippen molar-refractivity contribution in [3.63, 3.8) is 0 Å². The van der Waals surface area contributed by atoms with Crippen molar-refractivity contribution in [2.24, 2.45) is 0 Å². The molecule has 0 unspecified atom stereocenters. The summed E-state index contributed by atoms with van der Waals surface area (Å²) in [5, 5.41) is 2.52. The van der Waals surface area contributed by atoms with Crippen molar-refractivity contribution in [3.8, 4) is 67.9 Å². The van der Waals surface area contributed by atoms with E-state index >= 15 is 0 Å². The molecule has 0 amide bonds. The van der Waals surface area contributed by atoms with Gasteiger partial charge in [-0.25, -0.2) is 15.0 Å². The van der Waals surface area contributed by atoms with Crippen molar-refractivity contribution in [1.29, 1.82) is 0 Å². The van der Waals surface area contributed by atoms with E-state index in [0.717, 1.165) is 44.9 Å². The molecule has 0 fully saturated rings. The topological polar surface area (TPSA) is 47.9 Å². The van der Waals surface area contributed by atoms with E-state index in [2.05, 4.69) is 158 Å². The maximum Gasteiger partial charge on any atom is 0.164 e. The van der Waals surface area contributed by atoms with Crippen molar-refractivity contribution in [1.82, 2.24) is 15.0 Å². The number of nitrogens with zero attached hydrogens (tertiary/aromatic N) is 3. The van der Waals surface area contributed by atoms with Crippen molar-refractivity contribution in [3.05, 3.63) is 210 Å². The normalized spacial score (nSPS) is 13.2. The molecule has 266 valence electrons. The molecule has 10 aromatic rings. The number of benzene rings is 8. The first kappa shape index (κ1) is 32.1. The molecule has 0 saturated carbocycles. The fourth-order valence-electron chi connectivity index (χ4n) is 9.07. The maximum absolute atomic E-state index is 6.78. The third kappa shape index (κ3) is 4.82. The number of hydrogen-bond donors (Lipinski definition) is 0. The minimum absolute atomic E-state index is 0.478. The number of thiophene rings is 1. The predicted octanol–water partition coefficient (Wildman–Crippen LogP) is 13.4. The number of para-hydroxylation sites is 1. The van der Waals surface area contributed by atoms with Crippen LogP contribution in [0.4, 0.5) is 0 Å². The summed E-state index contributed by atoms with van der Waals surface area (Å²) >= 11 is 1.80. The Kier molecular flexibility index (Phi) is 6.98. The lowest BCUT2D eigenvalue weighted by Crippen LogP contribution is -2.32. The van der Waals surface area contributed by atoms with Gasteiger partial charge in [0.1, 0.15) is 11.5 Å². The van der Waals surface area contributed by atoms with Gasteiger partial charge in [0.05, 0.1) is 5.41 Å². The average molecular weight is 746 g/mol. The van der Waals surface area contributed by atoms with E-state index in [-0.39, 0.29) is 0 Å². The van der Waals surface area contributed by atoms with Gasteiger partial charge in [-0.15, -0.1) is 11.3 Å². The van der Waals surface area contributed by atoms with Gasteiger partial charge in [-0.1, -0.05) is 164 Å². The molecule has 0 bridgehead atoms. The van der Waals surface area contributed by atoms with Crippen LogP contribution < -0.4 is 4.74 Å². The van der Waals surface area contributed by atoms with Gasteiger partial charge in [0, 0.05) is 48.0 Å². The Labute approximate surface area is 333 Å². The van der Waals surface area contributed by atoms with Gasteiger partial charge < -0.3 is 4.74 Å². The van der Waals surface area contributed by atoms with Crippen LogP contribution in [0.25, 0.3) is 76.6 Å². The second kappa shape index (κ2) is 12.4. The van der Waals surface area contributed by atoms with Crippen LogP contribution in [0.3, 0.4) is 0 Å². The smallest absolute Gasteiger partial charge is 0.164 e. The van der Waals surface area contributed by atoms with Gasteiger partial charge in [0.15, 0.2) is 17.5 Å². The van der Waals surface area contributed by atoms with Crippen LogP contribution in [0, 0.1) is 0 Å². The van der Waals surface area contributed by atoms with Crippen molar-refractivity contribution in [2.45, 2.75) is 5.41 Å². The fourth-order valence-corrected chi connectivity index (χ4v) is 10.2. The minimum atomic E-state index is -0.478. The molecule has 2 aliphatic rings. The summed E-state index contributed by atoms with van der Waals surface area (Å²) in [5.74, 6) is 3.68. The van der Waals surface area contributed by atoms with Crippen molar-refractivity contribution < 1.29 is 4.74 Å². The van der Waals surface area contributed by atoms with Crippen molar-refractivity contribution >= 4 is 31.5 Å². The van der Waals surface area contributed by atoms with E-state index in [1.165, 1.54) is 48.0 Å². The number of hydrogen-bond acceptors (Lipinski definition) is 5. The van der Waals surface area contributed by atoms with Crippen LogP contribution >= 0.6 is 11.3 Å². The van der Waals surface area contributed by atoms with Gasteiger partial charge in [-0.2, -0.15) is 0 Å². The zero-order valence-electron chi connectivity index (χ0n) is 30.6. The van der Waals surface area contributed by atoms with Gasteiger partial charge in [0.2, 0.25) is 0 Å². The second-order valence-corrected chi connectivity index (χ2v) is 15.8. The van der Waals surface area contributed by atoms with E-state index in [1.807, 2.05) is 30.3 Å². The molecule has 0 atom stereocenters. The Hall–Kier alpha value is -7.21. The number of rotatable bonds is 4. The molecule has 3 heterocycles. The molecule has 8 aromatic carbocycles. The number of aromatic nitrogens is 3. The molecular formula is C52H31N3OS. The van der Waals surface area contributed by atoms with Crippen LogP contribution in [-0.2, 0) is 5.41 Å². The molecule has 57 heavy (non-hydrogen) atoms. The summed E-state index contributed by atoms with van der Waals surface area (Å²) in [6, 6.07) is 66.6. The summed E-state index contributed by atoms with van der Waals surface area (Å²) in [6.45, 7) is 0. The highest BCUT2D eigenvalue weighted by Gasteiger charge is 2.50. The van der Waals surface area contributed by atoms with E-state index in [4.69, 9.17) is 19.7 Å². The molecule has 0 radical (unpaired) electrons. The standard InChI is InChI=1S/C52H31N3OS/c1-2-12-33(13-3-1)49-53-50(55-51(54-49)36-26-28-40-39-16-6-11-21-47(39)57-48(40)31-36)34-24-22-32(23-25-34)35-27-29-44-46(30-35)56-45-20-10-9-19-43(45)52(44)41-17-7-4-14-37(41)38-15-5-8-18-42(38)52/h1-31H. The molecule has 12 rings (SSSR count). The van der Waals surface area contributed by atoms with Gasteiger partial charge in [-0.3, -0.25) is 0 Å². The van der Waals surface area contributed by atoms with Gasteiger partial charge in [0.25, 0.3) is 0 Å². The van der Waals surface area contributed by atoms with Gasteiger partial charge >= 0.3 is 0 Å². The third-order valence-corrected chi connectivity index (χ3v) is 12.8. The minimum Gasteiger partial charge on any atom is -0.457 e. The number of fused-ring (bicyclic) bond motifs is 12. The quantitative estimate of drug-likeness (QED) is 0.180. The van der Waals surface area contributed by atoms with E-state index in [9.17, 15) is 0 Å². The van der Waals surface area contributed by atoms with E-state index in [0.29, 0.717) is 17.5 Å². The monoisotopic (exact) mass is 745 g/mol. The zero-order valence-corrected chi connectivity index (χ0v) is 31.4. The lowest BCUT2D eigenvalue weighted by atomic mass is 9.66. The second-order valence-electron chi connectivity index (χ2n) is 14.7. The van der Waals surface area contributed by atoms with Crippen LogP contribution in [-0.4, -0.2) is 15.0 Å². The maximum atomic E-state index is 6.78. The molecule has 0 saturated heterocycles. The molecule has 4 nitrogen and oxygen atoms in total. The highest BCUT2D eigenvalue weighted by atomic mass is 32.1. The van der Waals surface area contributed by atoms with Crippen molar-refractivity contribution in [2.75, 3.05) is 0 Å². The van der Waals surface area contributed by atoms with Crippen LogP contribution in [0.2, 0.25) is 0 Å². The Balaban J connectivity index is 0.953. The summed E-state index contributed by atoms with van der Waals surface area (Å²) in [6.07, 6.45) is 0. The predicted molar refractivity (Wildman–Crippen MR) is 232 cm³/mol. The summed E-state index contributed by atoms with van der Waals surface area (Å²) in [4.78, 5) is 15.1. The fraction of sp³-hybridized carbons (Fsp3) is 0.0192. The Morgan fingerprint density at radius 1 is 0.351 bits per heavy atom. The summed E-state index contributed by atoms with van der Waals surface area (Å²) in [7, 11) is 0. The first-order valence-electron chi connectivity index (χ1n) is 19.2. The first-order valence-corrected chi connectivity index (χ1v) is 20.0. The average Bonchev–Trinajstić information content (AvgIpc) is 3.80. The molecule has 2 aromatic heterocycles. The van der Waals surface area contributed by atoms with Gasteiger partial charge in [-0.05, 0) is 57.6 Å². The summed E-state index contributed by atoms with van der Waals surface area (Å²) in [5.41, 5.74) is 12.0. The highest BCUT2D eigenvalue weighted by molar-refractivity contribution is 7.25. The zero-order chi connectivity index (χ0) is 37.5. The SMILES string of the molecule is c1ccc(-c2nc(-c3ccc(-c4ccc5c(c4)Oc4ccccc4C54c5ccccc5-c5ccccc54)cc3)nc(-c3ccc4c(c3)sc3ccccc34)n2)cc1. The third-order valence-electron chi connectivity index (χ3n) is 11.6. The van der Waals surface area contributed by atoms with Crippen LogP contribution in [0.15, 0.2) is 188 Å². The Bertz CT molecular complexity index is 3180. The summed E-state index contributed by atoms with van der Waals surface area (Å²) < 4.78 is 9.26. The molecule has 1 aliphatic heterocycles. The van der Waals surface area contributed by atoms with Crippen LogP contribution in [0.5, 0.6) is 11.5 Å². The van der Waals surface area contributed by atoms with E-state index < -0.39 is 5.41 Å². The molecule has 1 aliphatic carbocycles. The first-order chi connectivity index (χ1) is 28.2. The lowest BCUT2D eigenvalue weighted by molar-refractivity contribution is 0.436. The molecule has 5 heteroatoms. The Morgan fingerprint density at radius 3 is 1.63 bits per heavy atom. The highest BCUT2D eigenvalue weighted by Crippen LogP contribution is 2.62. The van der Waals surface area contributed by atoms with E-state index in [1.54, 1.807) is 11.3 Å². The molecule has 0 N–H and O–H groups in total. The molecular weight excluding hydrogens is 715 g/mol. The largest absolute Gasteiger partial charge is 0.457 e. The van der Waals surface area contributed by atoms with Crippen LogP contribution in [0.1, 0.15) is 22.3 Å².